The Bertz CT molecular complexity index is 1020. The summed E-state index contributed by atoms with van der Waals surface area (Å²) in [6.07, 6.45) is 0. The fourth-order valence-electron chi connectivity index (χ4n) is 4.49. The lowest BCUT2D eigenvalue weighted by Gasteiger charge is -2.37. The Hall–Kier alpha value is -3.05. The summed E-state index contributed by atoms with van der Waals surface area (Å²) in [5.74, 6) is -2.28. The molecule has 2 heterocycles. The highest BCUT2D eigenvalue weighted by molar-refractivity contribution is 6.09. The van der Waals surface area contributed by atoms with Gasteiger partial charge in [0.05, 0.1) is 12.2 Å². The normalized spacial score (nSPS) is 22.3. The van der Waals surface area contributed by atoms with E-state index in [4.69, 9.17) is 0 Å². The van der Waals surface area contributed by atoms with Crippen LogP contribution in [0.25, 0.3) is 0 Å². The maximum absolute atomic E-state index is 13.2. The van der Waals surface area contributed by atoms with E-state index < -0.39 is 17.8 Å². The van der Waals surface area contributed by atoms with Gasteiger partial charge in [-0.05, 0) is 30.5 Å². The molecule has 2 aliphatic heterocycles. The second kappa shape index (κ2) is 7.76. The lowest BCUT2D eigenvalue weighted by molar-refractivity contribution is -0.139. The van der Waals surface area contributed by atoms with Crippen molar-refractivity contribution in [3.05, 3.63) is 82.6 Å². The molecule has 0 saturated carbocycles. The summed E-state index contributed by atoms with van der Waals surface area (Å²) >= 11 is 0. The molecule has 2 aromatic rings. The number of aryl methyl sites for hydroxylation is 1. The zero-order valence-corrected chi connectivity index (χ0v) is 16.6. The van der Waals surface area contributed by atoms with E-state index in [2.05, 4.69) is 9.89 Å². The van der Waals surface area contributed by atoms with Crippen LogP contribution in [0.4, 0.5) is 0 Å². The zero-order chi connectivity index (χ0) is 20.5. The summed E-state index contributed by atoms with van der Waals surface area (Å²) < 4.78 is 0. The topological polar surface area (TPSA) is 70.0 Å². The molecule has 0 aromatic heterocycles. The molecule has 4 rings (SSSR count). The Morgan fingerprint density at radius 3 is 2.45 bits per heavy atom. The van der Waals surface area contributed by atoms with E-state index in [9.17, 15) is 14.7 Å². The van der Waals surface area contributed by atoms with Crippen molar-refractivity contribution in [3.8, 4) is 0 Å². The van der Waals surface area contributed by atoms with Crippen molar-refractivity contribution in [2.45, 2.75) is 26.3 Å². The van der Waals surface area contributed by atoms with E-state index in [-0.39, 0.29) is 12.3 Å². The van der Waals surface area contributed by atoms with Crippen molar-refractivity contribution in [3.63, 3.8) is 0 Å². The summed E-state index contributed by atoms with van der Waals surface area (Å²) in [4.78, 5) is 32.0. The summed E-state index contributed by atoms with van der Waals surface area (Å²) in [5.41, 5.74) is 4.86. The molecule has 2 atom stereocenters. The fraction of sp³-hybridized carbons (Fsp3) is 0.292. The number of aliphatic carboxylic acids is 1. The smallest absolute Gasteiger partial charge is 0.313 e. The summed E-state index contributed by atoms with van der Waals surface area (Å²) in [7, 11) is 0. The zero-order valence-electron chi connectivity index (χ0n) is 16.6. The minimum Gasteiger partial charge on any atom is -0.481 e. The molecule has 5 heteroatoms. The summed E-state index contributed by atoms with van der Waals surface area (Å²) in [6, 6.07) is 17.8. The van der Waals surface area contributed by atoms with Crippen molar-refractivity contribution in [2.24, 2.45) is 10.9 Å². The van der Waals surface area contributed by atoms with E-state index in [1.807, 2.05) is 61.5 Å². The highest BCUT2D eigenvalue weighted by Crippen LogP contribution is 2.42. The van der Waals surface area contributed by atoms with Gasteiger partial charge in [0.25, 0.3) is 0 Å². The molecule has 29 heavy (non-hydrogen) atoms. The molecule has 148 valence electrons. The third kappa shape index (κ3) is 3.66. The van der Waals surface area contributed by atoms with Crippen LogP contribution in [0.1, 0.15) is 29.5 Å². The van der Waals surface area contributed by atoms with Crippen LogP contribution in [-0.4, -0.2) is 40.6 Å². The number of ketones is 1. The molecule has 2 unspecified atom stereocenters. The average molecular weight is 388 g/mol. The van der Waals surface area contributed by atoms with E-state index in [1.165, 1.54) is 0 Å². The highest BCUT2D eigenvalue weighted by atomic mass is 16.4. The number of carboxylic acids is 1. The van der Waals surface area contributed by atoms with Gasteiger partial charge in [-0.2, -0.15) is 0 Å². The van der Waals surface area contributed by atoms with Crippen LogP contribution in [-0.2, 0) is 16.1 Å². The molecular weight excluding hydrogens is 364 g/mol. The molecule has 0 spiro atoms. The van der Waals surface area contributed by atoms with Crippen LogP contribution in [0.5, 0.6) is 0 Å². The standard InChI is InChI=1S/C24H24N2O3/c1-15-8-6-7-11-18(15)22-21(24(28)29)16(2)25-19-13-26(14-20(27)23(19)22)12-17-9-4-3-5-10-17/h3-11,21-22H,12-14H2,1-2H3,(H,28,29). The Morgan fingerprint density at radius 2 is 1.76 bits per heavy atom. The third-order valence-corrected chi connectivity index (χ3v) is 5.80. The molecule has 1 N–H and O–H groups in total. The number of rotatable bonds is 4. The first-order valence-corrected chi connectivity index (χ1v) is 9.81. The SMILES string of the molecule is CC1=NC2=C(C(=O)CN(Cc3ccccc3)C2)C(c2ccccc2C)C1C(=O)O. The third-order valence-electron chi connectivity index (χ3n) is 5.80. The molecule has 2 aliphatic rings. The van der Waals surface area contributed by atoms with Gasteiger partial charge >= 0.3 is 5.97 Å². The Morgan fingerprint density at radius 1 is 1.07 bits per heavy atom. The lowest BCUT2D eigenvalue weighted by atomic mass is 9.72. The Balaban J connectivity index is 1.75. The largest absolute Gasteiger partial charge is 0.481 e. The number of hydrogen-bond donors (Lipinski definition) is 1. The van der Waals surface area contributed by atoms with E-state index in [0.29, 0.717) is 30.1 Å². The second-order valence-corrected chi connectivity index (χ2v) is 7.82. The van der Waals surface area contributed by atoms with Gasteiger partial charge < -0.3 is 5.11 Å². The van der Waals surface area contributed by atoms with Crippen LogP contribution < -0.4 is 0 Å². The monoisotopic (exact) mass is 388 g/mol. The minimum absolute atomic E-state index is 0.0297. The van der Waals surface area contributed by atoms with Crippen molar-refractivity contribution >= 4 is 17.5 Å². The first kappa shape index (κ1) is 19.3. The van der Waals surface area contributed by atoms with Crippen LogP contribution in [0, 0.1) is 12.8 Å². The predicted molar refractivity (Wildman–Crippen MR) is 112 cm³/mol. The molecule has 5 nitrogen and oxygen atoms in total. The minimum atomic E-state index is -0.939. The molecular formula is C24H24N2O3. The molecule has 2 aromatic carbocycles. The number of carbonyl (C=O) groups excluding carboxylic acids is 1. The summed E-state index contributed by atoms with van der Waals surface area (Å²) in [5, 5.41) is 9.93. The fourth-order valence-corrected chi connectivity index (χ4v) is 4.49. The van der Waals surface area contributed by atoms with Crippen LogP contribution in [0.15, 0.2) is 70.9 Å². The first-order chi connectivity index (χ1) is 14.0. The highest BCUT2D eigenvalue weighted by Gasteiger charge is 2.43. The van der Waals surface area contributed by atoms with Gasteiger partial charge in [-0.25, -0.2) is 0 Å². The number of hydrogen-bond acceptors (Lipinski definition) is 4. The van der Waals surface area contributed by atoms with Gasteiger partial charge in [0.2, 0.25) is 0 Å². The maximum Gasteiger partial charge on any atom is 0.313 e. The Labute approximate surface area is 170 Å². The first-order valence-electron chi connectivity index (χ1n) is 9.81. The number of aliphatic imine (C=N–C) groups is 1. The predicted octanol–water partition coefficient (Wildman–Crippen LogP) is 3.59. The average Bonchev–Trinajstić information content (AvgIpc) is 2.67. The van der Waals surface area contributed by atoms with Crippen molar-refractivity contribution in [1.82, 2.24) is 4.90 Å². The number of nitrogens with zero attached hydrogens (tertiary/aromatic N) is 2. The molecule has 0 aliphatic carbocycles. The number of carbonyl (C=O) groups is 2. The van der Waals surface area contributed by atoms with E-state index in [1.54, 1.807) is 6.92 Å². The molecule has 0 fully saturated rings. The number of benzene rings is 2. The van der Waals surface area contributed by atoms with Gasteiger partial charge in [-0.3, -0.25) is 19.5 Å². The van der Waals surface area contributed by atoms with E-state index >= 15 is 0 Å². The van der Waals surface area contributed by atoms with E-state index in [0.717, 1.165) is 16.7 Å². The van der Waals surface area contributed by atoms with Crippen LogP contribution in [0.2, 0.25) is 0 Å². The molecule has 0 radical (unpaired) electrons. The molecule has 0 saturated heterocycles. The molecule has 0 amide bonds. The summed E-state index contributed by atoms with van der Waals surface area (Å²) in [6.45, 7) is 5.20. The Kier molecular flexibility index (Phi) is 5.16. The van der Waals surface area contributed by atoms with Crippen molar-refractivity contribution in [2.75, 3.05) is 13.1 Å². The number of carboxylic acid groups (broad SMARTS) is 1. The number of Topliss-reactive ketones (excluding diaryl/α,β-unsaturated/α-hetero) is 1. The van der Waals surface area contributed by atoms with Gasteiger partial charge in [-0.15, -0.1) is 0 Å². The van der Waals surface area contributed by atoms with Gasteiger partial charge in [0.15, 0.2) is 5.78 Å². The van der Waals surface area contributed by atoms with Crippen molar-refractivity contribution < 1.29 is 14.7 Å². The van der Waals surface area contributed by atoms with Crippen LogP contribution >= 0.6 is 0 Å². The van der Waals surface area contributed by atoms with Gasteiger partial charge in [0, 0.05) is 30.3 Å². The maximum atomic E-state index is 13.2. The lowest BCUT2D eigenvalue weighted by Crippen LogP contribution is -2.44. The second-order valence-electron chi connectivity index (χ2n) is 7.82. The van der Waals surface area contributed by atoms with Crippen LogP contribution in [0.3, 0.4) is 0 Å². The van der Waals surface area contributed by atoms with Gasteiger partial charge in [0.1, 0.15) is 5.92 Å². The van der Waals surface area contributed by atoms with Gasteiger partial charge in [-0.1, -0.05) is 54.6 Å². The van der Waals surface area contributed by atoms with Crippen molar-refractivity contribution in [1.29, 1.82) is 0 Å². The molecule has 0 bridgehead atoms. The quantitative estimate of drug-likeness (QED) is 0.869.